The smallest absolute Gasteiger partial charge is 0.259 e. The zero-order valence-electron chi connectivity index (χ0n) is 16.1. The summed E-state index contributed by atoms with van der Waals surface area (Å²) in [5.41, 5.74) is 2.97. The summed E-state index contributed by atoms with van der Waals surface area (Å²) in [7, 11) is 0. The Hall–Kier alpha value is -3.73. The first kappa shape index (κ1) is 18.6. The molecule has 0 aliphatic rings. The number of nitrogens with zero attached hydrogens (tertiary/aromatic N) is 1. The second kappa shape index (κ2) is 8.10. The van der Waals surface area contributed by atoms with Crippen LogP contribution in [0.3, 0.4) is 0 Å². The van der Waals surface area contributed by atoms with Gasteiger partial charge < -0.3 is 10.3 Å². The predicted molar refractivity (Wildman–Crippen MR) is 116 cm³/mol. The Morgan fingerprint density at radius 2 is 1.66 bits per heavy atom. The summed E-state index contributed by atoms with van der Waals surface area (Å²) < 4.78 is 0. The van der Waals surface area contributed by atoms with Crippen LogP contribution in [-0.2, 0) is 4.79 Å². The molecule has 1 atom stereocenters. The maximum absolute atomic E-state index is 12.7. The number of fused-ring (bicyclic) bond motifs is 1. The number of aromatic nitrogens is 2. The van der Waals surface area contributed by atoms with Crippen molar-refractivity contribution in [1.82, 2.24) is 9.97 Å². The highest BCUT2D eigenvalue weighted by atomic mass is 16.2. The van der Waals surface area contributed by atoms with E-state index in [1.54, 1.807) is 6.07 Å². The second-order valence-corrected chi connectivity index (χ2v) is 6.87. The van der Waals surface area contributed by atoms with Crippen molar-refractivity contribution >= 4 is 22.5 Å². The number of anilines is 1. The third-order valence-corrected chi connectivity index (χ3v) is 4.97. The molecule has 0 radical (unpaired) electrons. The van der Waals surface area contributed by atoms with Crippen molar-refractivity contribution in [2.45, 2.75) is 19.3 Å². The number of carbonyl (C=O) groups excluding carboxylic acids is 1. The number of rotatable bonds is 5. The van der Waals surface area contributed by atoms with E-state index in [2.05, 4.69) is 15.3 Å². The van der Waals surface area contributed by atoms with Gasteiger partial charge in [-0.2, -0.15) is 0 Å². The SMILES string of the molecule is CC[C@@H](C(=O)Nc1ccc(-c2nc3ccccc3c(=O)[nH]2)cc1)c1ccccc1. The van der Waals surface area contributed by atoms with Crippen LogP contribution in [0.15, 0.2) is 83.7 Å². The van der Waals surface area contributed by atoms with Gasteiger partial charge in [0.1, 0.15) is 5.82 Å². The van der Waals surface area contributed by atoms with E-state index in [-0.39, 0.29) is 17.4 Å². The third-order valence-electron chi connectivity index (χ3n) is 4.97. The lowest BCUT2D eigenvalue weighted by molar-refractivity contribution is -0.117. The lowest BCUT2D eigenvalue weighted by atomic mass is 9.95. The van der Waals surface area contributed by atoms with Gasteiger partial charge in [-0.05, 0) is 48.4 Å². The van der Waals surface area contributed by atoms with Crippen LogP contribution in [0.2, 0.25) is 0 Å². The highest BCUT2D eigenvalue weighted by Crippen LogP contribution is 2.23. The van der Waals surface area contributed by atoms with Gasteiger partial charge in [0.05, 0.1) is 16.8 Å². The molecule has 0 saturated heterocycles. The van der Waals surface area contributed by atoms with Gasteiger partial charge in [0, 0.05) is 11.3 Å². The molecule has 0 fully saturated rings. The van der Waals surface area contributed by atoms with Gasteiger partial charge in [-0.25, -0.2) is 4.98 Å². The first-order chi connectivity index (χ1) is 14.2. The number of hydrogen-bond acceptors (Lipinski definition) is 3. The predicted octanol–water partition coefficient (Wildman–Crippen LogP) is 4.72. The molecule has 4 aromatic rings. The van der Waals surface area contributed by atoms with Crippen LogP contribution in [0.5, 0.6) is 0 Å². The van der Waals surface area contributed by atoms with Crippen molar-refractivity contribution in [3.8, 4) is 11.4 Å². The minimum atomic E-state index is -0.200. The lowest BCUT2D eigenvalue weighted by Crippen LogP contribution is -2.20. The second-order valence-electron chi connectivity index (χ2n) is 6.87. The van der Waals surface area contributed by atoms with Crippen LogP contribution < -0.4 is 10.9 Å². The summed E-state index contributed by atoms with van der Waals surface area (Å²) in [6.45, 7) is 2.00. The van der Waals surface area contributed by atoms with E-state index in [4.69, 9.17) is 0 Å². The zero-order chi connectivity index (χ0) is 20.2. The number of hydrogen-bond donors (Lipinski definition) is 2. The Morgan fingerprint density at radius 1 is 0.966 bits per heavy atom. The van der Waals surface area contributed by atoms with Crippen LogP contribution in [0.1, 0.15) is 24.8 Å². The van der Waals surface area contributed by atoms with Crippen LogP contribution in [-0.4, -0.2) is 15.9 Å². The standard InChI is InChI=1S/C24H21N3O2/c1-2-19(16-8-4-3-5-9-16)23(28)25-18-14-12-17(13-15-18)22-26-21-11-7-6-10-20(21)24(29)27-22/h3-15,19H,2H2,1H3,(H,25,28)(H,26,27,29)/t19-/m1/s1. The van der Waals surface area contributed by atoms with Gasteiger partial charge in [0.15, 0.2) is 0 Å². The fourth-order valence-corrected chi connectivity index (χ4v) is 3.42. The molecule has 5 heteroatoms. The zero-order valence-corrected chi connectivity index (χ0v) is 16.1. The minimum Gasteiger partial charge on any atom is -0.326 e. The molecule has 5 nitrogen and oxygen atoms in total. The maximum atomic E-state index is 12.7. The number of para-hydroxylation sites is 1. The van der Waals surface area contributed by atoms with Gasteiger partial charge in [0.2, 0.25) is 5.91 Å². The Labute approximate surface area is 168 Å². The van der Waals surface area contributed by atoms with Crippen LogP contribution in [0.25, 0.3) is 22.3 Å². The molecule has 1 amide bonds. The van der Waals surface area contributed by atoms with E-state index >= 15 is 0 Å². The first-order valence-electron chi connectivity index (χ1n) is 9.61. The van der Waals surface area contributed by atoms with Crippen molar-refractivity contribution in [1.29, 1.82) is 0 Å². The van der Waals surface area contributed by atoms with Crippen molar-refractivity contribution < 1.29 is 4.79 Å². The largest absolute Gasteiger partial charge is 0.326 e. The Bertz CT molecular complexity index is 1200. The normalized spacial score (nSPS) is 11.9. The molecule has 2 N–H and O–H groups in total. The van der Waals surface area contributed by atoms with E-state index in [0.29, 0.717) is 22.4 Å². The van der Waals surface area contributed by atoms with Crippen molar-refractivity contribution in [2.75, 3.05) is 5.32 Å². The summed E-state index contributed by atoms with van der Waals surface area (Å²) in [6, 6.07) is 24.3. The third kappa shape index (κ3) is 3.94. The quantitative estimate of drug-likeness (QED) is 0.523. The molecule has 1 heterocycles. The Kier molecular flexibility index (Phi) is 5.20. The number of H-pyrrole nitrogens is 1. The highest BCUT2D eigenvalue weighted by Gasteiger charge is 2.18. The summed E-state index contributed by atoms with van der Waals surface area (Å²) in [5.74, 6) is 0.264. The average Bonchev–Trinajstić information content (AvgIpc) is 2.75. The maximum Gasteiger partial charge on any atom is 0.259 e. The molecule has 1 aromatic heterocycles. The number of carbonyl (C=O) groups is 1. The van der Waals surface area contributed by atoms with Crippen molar-refractivity contribution in [3.63, 3.8) is 0 Å². The van der Waals surface area contributed by atoms with Crippen LogP contribution >= 0.6 is 0 Å². The average molecular weight is 383 g/mol. The molecule has 144 valence electrons. The lowest BCUT2D eigenvalue weighted by Gasteiger charge is -2.15. The fraction of sp³-hybridized carbons (Fsp3) is 0.125. The fourth-order valence-electron chi connectivity index (χ4n) is 3.42. The summed E-state index contributed by atoms with van der Waals surface area (Å²) in [5, 5.41) is 3.54. The van der Waals surface area contributed by atoms with E-state index < -0.39 is 0 Å². The molecule has 0 bridgehead atoms. The van der Waals surface area contributed by atoms with Gasteiger partial charge in [-0.15, -0.1) is 0 Å². The van der Waals surface area contributed by atoms with Gasteiger partial charge >= 0.3 is 0 Å². The molecule has 29 heavy (non-hydrogen) atoms. The summed E-state index contributed by atoms with van der Waals surface area (Å²) in [6.07, 6.45) is 0.718. The molecule has 4 rings (SSSR count). The Balaban J connectivity index is 1.55. The van der Waals surface area contributed by atoms with E-state index in [9.17, 15) is 9.59 Å². The van der Waals surface area contributed by atoms with Crippen molar-refractivity contribution in [3.05, 3.63) is 94.8 Å². The summed E-state index contributed by atoms with van der Waals surface area (Å²) >= 11 is 0. The molecular formula is C24H21N3O2. The van der Waals surface area contributed by atoms with Crippen LogP contribution in [0.4, 0.5) is 5.69 Å². The van der Waals surface area contributed by atoms with Gasteiger partial charge in [0.25, 0.3) is 5.56 Å². The molecule has 0 aliphatic heterocycles. The Morgan fingerprint density at radius 3 is 2.38 bits per heavy atom. The van der Waals surface area contributed by atoms with E-state index in [1.165, 1.54) is 0 Å². The molecule has 0 aliphatic carbocycles. The van der Waals surface area contributed by atoms with E-state index in [1.807, 2.05) is 79.7 Å². The number of aromatic amines is 1. The highest BCUT2D eigenvalue weighted by molar-refractivity contribution is 5.96. The number of benzene rings is 3. The monoisotopic (exact) mass is 383 g/mol. The number of amides is 1. The molecule has 0 saturated carbocycles. The van der Waals surface area contributed by atoms with Gasteiger partial charge in [-0.3, -0.25) is 9.59 Å². The molecule has 3 aromatic carbocycles. The van der Waals surface area contributed by atoms with E-state index in [0.717, 1.165) is 17.5 Å². The number of nitrogens with one attached hydrogen (secondary N) is 2. The first-order valence-corrected chi connectivity index (χ1v) is 9.61. The summed E-state index contributed by atoms with van der Waals surface area (Å²) in [4.78, 5) is 32.4. The molecule has 0 unspecified atom stereocenters. The minimum absolute atomic E-state index is 0.0383. The van der Waals surface area contributed by atoms with Crippen LogP contribution in [0, 0.1) is 0 Å². The van der Waals surface area contributed by atoms with Crippen molar-refractivity contribution in [2.24, 2.45) is 0 Å². The molecule has 0 spiro atoms. The topological polar surface area (TPSA) is 74.8 Å². The molecular weight excluding hydrogens is 362 g/mol. The van der Waals surface area contributed by atoms with Gasteiger partial charge in [-0.1, -0.05) is 49.4 Å².